The van der Waals surface area contributed by atoms with Crippen LogP contribution in [-0.2, 0) is 6.42 Å². The third-order valence-corrected chi connectivity index (χ3v) is 7.74. The van der Waals surface area contributed by atoms with Crippen molar-refractivity contribution in [2.45, 2.75) is 56.3 Å². The maximum absolute atomic E-state index is 6.10. The molecule has 5 heteroatoms. The molecule has 2 heterocycles. The Morgan fingerprint density at radius 2 is 1.24 bits per heavy atom. The molecule has 2 aromatic heterocycles. The van der Waals surface area contributed by atoms with Gasteiger partial charge in [-0.2, -0.15) is 0 Å². The Labute approximate surface area is 228 Å². The minimum Gasteiger partial charge on any atom is -0.436 e. The summed E-state index contributed by atoms with van der Waals surface area (Å²) in [5, 5.41) is 0. The first-order valence-electron chi connectivity index (χ1n) is 13.5. The van der Waals surface area contributed by atoms with Crippen LogP contribution in [0, 0.1) is 0 Å². The third kappa shape index (κ3) is 6.46. The van der Waals surface area contributed by atoms with Crippen molar-refractivity contribution in [2.75, 3.05) is 5.75 Å². The second-order valence-corrected chi connectivity index (χ2v) is 10.7. The SMILES string of the molecule is C=CCCCCCc1ccc(-c2nc3cc4nc(-c5ccc(SCCCCC=C)cc5)oc4cc3o2)cc1. The van der Waals surface area contributed by atoms with Crippen LogP contribution in [0.4, 0.5) is 0 Å². The number of benzene rings is 3. The highest BCUT2D eigenvalue weighted by Crippen LogP contribution is 2.32. The average molecular weight is 523 g/mol. The highest BCUT2D eigenvalue weighted by atomic mass is 32.2. The van der Waals surface area contributed by atoms with Gasteiger partial charge in [0.25, 0.3) is 0 Å². The van der Waals surface area contributed by atoms with Gasteiger partial charge in [0.15, 0.2) is 11.2 Å². The lowest BCUT2D eigenvalue weighted by atomic mass is 10.0. The van der Waals surface area contributed by atoms with Crippen molar-refractivity contribution in [3.05, 3.63) is 91.5 Å². The summed E-state index contributed by atoms with van der Waals surface area (Å²) in [6.45, 7) is 7.57. The molecule has 5 rings (SSSR count). The quantitative estimate of drug-likeness (QED) is 0.0825. The van der Waals surface area contributed by atoms with Crippen molar-refractivity contribution in [1.29, 1.82) is 0 Å². The maximum atomic E-state index is 6.10. The van der Waals surface area contributed by atoms with E-state index >= 15 is 0 Å². The molecule has 0 amide bonds. The van der Waals surface area contributed by atoms with Crippen LogP contribution in [0.2, 0.25) is 0 Å². The minimum atomic E-state index is 0.607. The van der Waals surface area contributed by atoms with Crippen molar-refractivity contribution in [2.24, 2.45) is 0 Å². The molecule has 0 atom stereocenters. The molecule has 0 fully saturated rings. The summed E-state index contributed by atoms with van der Waals surface area (Å²) in [5.74, 6) is 2.34. The van der Waals surface area contributed by atoms with Gasteiger partial charge in [0.2, 0.25) is 11.8 Å². The van der Waals surface area contributed by atoms with E-state index in [-0.39, 0.29) is 0 Å². The summed E-state index contributed by atoms with van der Waals surface area (Å²) < 4.78 is 12.2. The first kappa shape index (κ1) is 26.1. The summed E-state index contributed by atoms with van der Waals surface area (Å²) in [6.07, 6.45) is 13.3. The van der Waals surface area contributed by atoms with E-state index in [2.05, 4.69) is 61.7 Å². The van der Waals surface area contributed by atoms with Crippen LogP contribution in [-0.4, -0.2) is 15.7 Å². The van der Waals surface area contributed by atoms with Crippen LogP contribution in [0.15, 0.2) is 99.7 Å². The van der Waals surface area contributed by atoms with Gasteiger partial charge in [-0.15, -0.1) is 24.9 Å². The largest absolute Gasteiger partial charge is 0.436 e. The summed E-state index contributed by atoms with van der Waals surface area (Å²) in [7, 11) is 0. The molecule has 0 bridgehead atoms. The van der Waals surface area contributed by atoms with Gasteiger partial charge in [-0.05, 0) is 98.7 Å². The van der Waals surface area contributed by atoms with Gasteiger partial charge in [-0.25, -0.2) is 9.97 Å². The number of hydrogen-bond donors (Lipinski definition) is 0. The Morgan fingerprint density at radius 3 is 1.84 bits per heavy atom. The van der Waals surface area contributed by atoms with E-state index < -0.39 is 0 Å². The molecule has 38 heavy (non-hydrogen) atoms. The van der Waals surface area contributed by atoms with Gasteiger partial charge in [0, 0.05) is 22.1 Å². The zero-order valence-electron chi connectivity index (χ0n) is 21.8. The number of rotatable bonds is 14. The van der Waals surface area contributed by atoms with Gasteiger partial charge < -0.3 is 8.83 Å². The van der Waals surface area contributed by atoms with E-state index in [4.69, 9.17) is 18.8 Å². The van der Waals surface area contributed by atoms with Crippen LogP contribution < -0.4 is 0 Å². The molecule has 0 saturated heterocycles. The fourth-order valence-electron chi connectivity index (χ4n) is 4.48. The first-order valence-corrected chi connectivity index (χ1v) is 14.5. The number of hydrogen-bond acceptors (Lipinski definition) is 5. The van der Waals surface area contributed by atoms with E-state index in [0.717, 1.165) is 47.2 Å². The Kier molecular flexibility index (Phi) is 8.77. The molecular formula is C33H34N2O2S. The van der Waals surface area contributed by atoms with E-state index in [1.165, 1.54) is 42.6 Å². The Balaban J connectivity index is 1.25. The lowest BCUT2D eigenvalue weighted by Crippen LogP contribution is -1.86. The molecule has 0 spiro atoms. The number of allylic oxidation sites excluding steroid dienone is 2. The fraction of sp³-hybridized carbons (Fsp3) is 0.273. The molecule has 5 aromatic rings. The monoisotopic (exact) mass is 522 g/mol. The standard InChI is InChI=1S/C33H34N2O2S/c1-3-5-7-9-10-12-24-13-15-25(16-14-24)32-34-28-22-29-31(23-30(28)36-32)37-33(35-29)26-17-19-27(20-18-26)38-21-11-8-6-4-2/h3-4,13-20,22-23H,1-2,5-12,21H2. The van der Waals surface area contributed by atoms with Gasteiger partial charge in [0.05, 0.1) is 0 Å². The first-order chi connectivity index (χ1) is 18.7. The van der Waals surface area contributed by atoms with Gasteiger partial charge in [-0.1, -0.05) is 30.7 Å². The van der Waals surface area contributed by atoms with Gasteiger partial charge in [-0.3, -0.25) is 0 Å². The number of aryl methyl sites for hydroxylation is 1. The van der Waals surface area contributed by atoms with Crippen molar-refractivity contribution in [3.8, 4) is 22.9 Å². The van der Waals surface area contributed by atoms with E-state index in [1.807, 2.05) is 36.0 Å². The van der Waals surface area contributed by atoms with E-state index in [1.54, 1.807) is 0 Å². The van der Waals surface area contributed by atoms with Crippen LogP contribution in [0.25, 0.3) is 45.1 Å². The number of fused-ring (bicyclic) bond motifs is 2. The van der Waals surface area contributed by atoms with Crippen LogP contribution in [0.5, 0.6) is 0 Å². The van der Waals surface area contributed by atoms with Crippen LogP contribution in [0.1, 0.15) is 50.5 Å². The van der Waals surface area contributed by atoms with Crippen LogP contribution in [0.3, 0.4) is 0 Å². The topological polar surface area (TPSA) is 52.1 Å². The summed E-state index contributed by atoms with van der Waals surface area (Å²) >= 11 is 1.88. The molecule has 0 N–H and O–H groups in total. The number of nitrogens with zero attached hydrogens (tertiary/aromatic N) is 2. The smallest absolute Gasteiger partial charge is 0.227 e. The van der Waals surface area contributed by atoms with E-state index in [9.17, 15) is 0 Å². The summed E-state index contributed by atoms with van der Waals surface area (Å²) in [4.78, 5) is 10.7. The molecule has 3 aromatic carbocycles. The zero-order valence-corrected chi connectivity index (χ0v) is 22.6. The normalized spacial score (nSPS) is 11.4. The average Bonchev–Trinajstić information content (AvgIpc) is 3.55. The fourth-order valence-corrected chi connectivity index (χ4v) is 5.39. The number of unbranched alkanes of at least 4 members (excludes halogenated alkanes) is 5. The molecule has 0 aliphatic heterocycles. The lowest BCUT2D eigenvalue weighted by Gasteiger charge is -2.02. The highest BCUT2D eigenvalue weighted by molar-refractivity contribution is 7.99. The van der Waals surface area contributed by atoms with Crippen molar-refractivity contribution >= 4 is 34.0 Å². The van der Waals surface area contributed by atoms with Crippen LogP contribution >= 0.6 is 11.8 Å². The molecule has 0 aliphatic rings. The maximum Gasteiger partial charge on any atom is 0.227 e. The molecular weight excluding hydrogens is 488 g/mol. The Hall–Kier alpha value is -3.57. The highest BCUT2D eigenvalue weighted by Gasteiger charge is 2.14. The van der Waals surface area contributed by atoms with Crippen molar-refractivity contribution < 1.29 is 8.83 Å². The third-order valence-electron chi connectivity index (χ3n) is 6.64. The number of aromatic nitrogens is 2. The Bertz CT molecular complexity index is 1330. The zero-order chi connectivity index (χ0) is 26.2. The van der Waals surface area contributed by atoms with Crippen molar-refractivity contribution in [1.82, 2.24) is 9.97 Å². The second kappa shape index (κ2) is 12.8. The number of thioether (sulfide) groups is 1. The minimum absolute atomic E-state index is 0.607. The molecule has 0 unspecified atom stereocenters. The predicted octanol–water partition coefficient (Wildman–Crippen LogP) is 10.0. The van der Waals surface area contributed by atoms with Crippen molar-refractivity contribution in [3.63, 3.8) is 0 Å². The predicted molar refractivity (Wildman–Crippen MR) is 160 cm³/mol. The molecule has 0 saturated carbocycles. The molecule has 4 nitrogen and oxygen atoms in total. The molecule has 0 aliphatic carbocycles. The number of oxazole rings is 2. The lowest BCUT2D eigenvalue weighted by molar-refractivity contribution is 0.609. The van der Waals surface area contributed by atoms with Gasteiger partial charge >= 0.3 is 0 Å². The second-order valence-electron chi connectivity index (χ2n) is 9.57. The summed E-state index contributed by atoms with van der Waals surface area (Å²) in [5.41, 5.74) is 6.23. The Morgan fingerprint density at radius 1 is 0.658 bits per heavy atom. The summed E-state index contributed by atoms with van der Waals surface area (Å²) in [6, 6.07) is 20.8. The van der Waals surface area contributed by atoms with Gasteiger partial charge in [0.1, 0.15) is 11.0 Å². The molecule has 0 radical (unpaired) electrons. The molecule has 194 valence electrons. The van der Waals surface area contributed by atoms with E-state index in [0.29, 0.717) is 22.9 Å².